The average molecular weight is 398 g/mol. The van der Waals surface area contributed by atoms with Crippen LogP contribution in [0.4, 0.5) is 5.69 Å². The first-order valence-corrected chi connectivity index (χ1v) is 10.9. The van der Waals surface area contributed by atoms with E-state index in [1.54, 1.807) is 24.3 Å². The minimum Gasteiger partial charge on any atom is -0.280 e. The summed E-state index contributed by atoms with van der Waals surface area (Å²) in [5.41, 5.74) is 4.84. The molecular formula is C22H27N3O2S. The van der Waals surface area contributed by atoms with E-state index in [0.717, 1.165) is 28.9 Å². The Balaban J connectivity index is 1.69. The number of hydrogen-bond donors (Lipinski definition) is 1. The molecular weight excluding hydrogens is 370 g/mol. The van der Waals surface area contributed by atoms with Gasteiger partial charge in [-0.25, -0.2) is 8.42 Å². The number of aryl methyl sites for hydroxylation is 2. The second-order valence-electron chi connectivity index (χ2n) is 7.63. The minimum atomic E-state index is -3.60. The smallest absolute Gasteiger partial charge is 0.261 e. The van der Waals surface area contributed by atoms with Crippen molar-refractivity contribution in [3.8, 4) is 0 Å². The van der Waals surface area contributed by atoms with Crippen LogP contribution < -0.4 is 4.72 Å². The van der Waals surface area contributed by atoms with Gasteiger partial charge in [0.15, 0.2) is 0 Å². The van der Waals surface area contributed by atoms with Crippen LogP contribution in [-0.2, 0) is 23.0 Å². The molecule has 0 bridgehead atoms. The molecule has 6 heteroatoms. The van der Waals surface area contributed by atoms with Crippen LogP contribution in [0.1, 0.15) is 36.4 Å². The summed E-state index contributed by atoms with van der Waals surface area (Å²) in [4.78, 5) is 0.270. The van der Waals surface area contributed by atoms with Gasteiger partial charge in [-0.05, 0) is 67.6 Å². The highest BCUT2D eigenvalue weighted by Crippen LogP contribution is 2.19. The van der Waals surface area contributed by atoms with Gasteiger partial charge in [0.05, 0.1) is 17.1 Å². The first-order chi connectivity index (χ1) is 13.2. The number of nitrogens with one attached hydrogen (secondary N) is 1. The molecule has 3 rings (SSSR count). The van der Waals surface area contributed by atoms with Crippen LogP contribution in [0.3, 0.4) is 0 Å². The fourth-order valence-corrected chi connectivity index (χ4v) is 4.23. The molecule has 0 radical (unpaired) electrons. The highest BCUT2D eigenvalue weighted by molar-refractivity contribution is 7.92. The van der Waals surface area contributed by atoms with Gasteiger partial charge in [-0.2, -0.15) is 5.10 Å². The van der Waals surface area contributed by atoms with Gasteiger partial charge in [0.25, 0.3) is 10.0 Å². The molecule has 0 amide bonds. The fourth-order valence-electron chi connectivity index (χ4n) is 3.18. The van der Waals surface area contributed by atoms with Crippen molar-refractivity contribution < 1.29 is 8.42 Å². The lowest BCUT2D eigenvalue weighted by Crippen LogP contribution is -2.13. The number of anilines is 1. The summed E-state index contributed by atoms with van der Waals surface area (Å²) in [7, 11) is -3.60. The second-order valence-corrected chi connectivity index (χ2v) is 9.31. The lowest BCUT2D eigenvalue weighted by molar-refractivity contribution is 0.601. The molecule has 0 aliphatic heterocycles. The molecule has 148 valence electrons. The van der Waals surface area contributed by atoms with Gasteiger partial charge in [0.2, 0.25) is 0 Å². The van der Waals surface area contributed by atoms with Gasteiger partial charge >= 0.3 is 0 Å². The molecule has 1 N–H and O–H groups in total. The SMILES string of the molecule is Cc1cc(C)n(Cc2ccc(NS(=O)(=O)c3ccc(CC(C)C)cc3)cc2)n1. The molecule has 0 saturated heterocycles. The number of benzene rings is 2. The Morgan fingerprint density at radius 1 is 0.964 bits per heavy atom. The van der Waals surface area contributed by atoms with Crippen LogP contribution in [0.25, 0.3) is 0 Å². The Hall–Kier alpha value is -2.60. The Morgan fingerprint density at radius 2 is 1.57 bits per heavy atom. The highest BCUT2D eigenvalue weighted by atomic mass is 32.2. The van der Waals surface area contributed by atoms with Crippen molar-refractivity contribution in [3.05, 3.63) is 77.1 Å². The Morgan fingerprint density at radius 3 is 2.11 bits per heavy atom. The molecule has 0 aliphatic carbocycles. The van der Waals surface area contributed by atoms with Gasteiger partial charge in [-0.3, -0.25) is 9.40 Å². The molecule has 0 fully saturated rings. The molecule has 1 heterocycles. The number of hydrogen-bond acceptors (Lipinski definition) is 3. The van der Waals surface area contributed by atoms with Gasteiger partial charge < -0.3 is 0 Å². The summed E-state index contributed by atoms with van der Waals surface area (Å²) in [5, 5.41) is 4.46. The predicted octanol–water partition coefficient (Wildman–Crippen LogP) is 4.55. The zero-order valence-electron chi connectivity index (χ0n) is 16.8. The largest absolute Gasteiger partial charge is 0.280 e. The van der Waals surface area contributed by atoms with E-state index < -0.39 is 10.0 Å². The van der Waals surface area contributed by atoms with Crippen molar-refractivity contribution >= 4 is 15.7 Å². The van der Waals surface area contributed by atoms with Crippen molar-refractivity contribution in [1.82, 2.24) is 9.78 Å². The number of aromatic nitrogens is 2. The first kappa shape index (κ1) is 20.1. The molecule has 0 aliphatic rings. The third-order valence-corrected chi connectivity index (χ3v) is 5.92. The van der Waals surface area contributed by atoms with E-state index in [9.17, 15) is 8.42 Å². The molecule has 0 saturated carbocycles. The Kier molecular flexibility index (Phi) is 5.89. The topological polar surface area (TPSA) is 64.0 Å². The molecule has 0 atom stereocenters. The van der Waals surface area contributed by atoms with E-state index in [2.05, 4.69) is 23.7 Å². The lowest BCUT2D eigenvalue weighted by Gasteiger charge is -2.11. The number of sulfonamides is 1. The van der Waals surface area contributed by atoms with E-state index in [1.165, 1.54) is 0 Å². The quantitative estimate of drug-likeness (QED) is 0.636. The summed E-state index contributed by atoms with van der Waals surface area (Å²) >= 11 is 0. The van der Waals surface area contributed by atoms with Crippen molar-refractivity contribution in [1.29, 1.82) is 0 Å². The maximum atomic E-state index is 12.6. The Labute approximate surface area is 167 Å². The summed E-state index contributed by atoms with van der Waals surface area (Å²) in [6.07, 6.45) is 0.935. The maximum Gasteiger partial charge on any atom is 0.261 e. The molecule has 3 aromatic rings. The molecule has 0 unspecified atom stereocenters. The predicted molar refractivity (Wildman–Crippen MR) is 113 cm³/mol. The third kappa shape index (κ3) is 5.01. The zero-order valence-corrected chi connectivity index (χ0v) is 17.6. The molecule has 1 aromatic heterocycles. The minimum absolute atomic E-state index is 0.270. The van der Waals surface area contributed by atoms with Crippen LogP contribution in [0.5, 0.6) is 0 Å². The standard InChI is InChI=1S/C22H27N3O2S/c1-16(2)13-19-7-11-22(12-8-19)28(26,27)24-21-9-5-20(6-10-21)15-25-18(4)14-17(3)23-25/h5-12,14,16,24H,13,15H2,1-4H3. The number of nitrogens with zero attached hydrogens (tertiary/aromatic N) is 2. The van der Waals surface area contributed by atoms with Crippen LogP contribution in [0.2, 0.25) is 0 Å². The van der Waals surface area contributed by atoms with E-state index in [1.807, 2.05) is 48.9 Å². The summed E-state index contributed by atoms with van der Waals surface area (Å²) < 4.78 is 29.9. The summed E-state index contributed by atoms with van der Waals surface area (Å²) in [6, 6.07) is 16.5. The van der Waals surface area contributed by atoms with Crippen LogP contribution >= 0.6 is 0 Å². The maximum absolute atomic E-state index is 12.6. The first-order valence-electron chi connectivity index (χ1n) is 9.45. The lowest BCUT2D eigenvalue weighted by atomic mass is 10.0. The van der Waals surface area contributed by atoms with E-state index >= 15 is 0 Å². The van der Waals surface area contributed by atoms with Gasteiger partial charge in [-0.15, -0.1) is 0 Å². The van der Waals surface area contributed by atoms with Gasteiger partial charge in [-0.1, -0.05) is 38.1 Å². The van der Waals surface area contributed by atoms with E-state index in [0.29, 0.717) is 18.2 Å². The van der Waals surface area contributed by atoms with Crippen LogP contribution in [-0.4, -0.2) is 18.2 Å². The van der Waals surface area contributed by atoms with Crippen molar-refractivity contribution in [2.24, 2.45) is 5.92 Å². The average Bonchev–Trinajstić information content (AvgIpc) is 2.93. The third-order valence-electron chi connectivity index (χ3n) is 4.52. The van der Waals surface area contributed by atoms with Gasteiger partial charge in [0.1, 0.15) is 0 Å². The molecule has 28 heavy (non-hydrogen) atoms. The van der Waals surface area contributed by atoms with Crippen LogP contribution in [0, 0.1) is 19.8 Å². The highest BCUT2D eigenvalue weighted by Gasteiger charge is 2.14. The number of rotatable bonds is 7. The second kappa shape index (κ2) is 8.19. The van der Waals surface area contributed by atoms with E-state index in [4.69, 9.17) is 0 Å². The molecule has 5 nitrogen and oxygen atoms in total. The van der Waals surface area contributed by atoms with Crippen molar-refractivity contribution in [2.45, 2.75) is 45.6 Å². The fraction of sp³-hybridized carbons (Fsp3) is 0.318. The van der Waals surface area contributed by atoms with Gasteiger partial charge in [0, 0.05) is 11.4 Å². The summed E-state index contributed by atoms with van der Waals surface area (Å²) in [6.45, 7) is 8.94. The van der Waals surface area contributed by atoms with Crippen LogP contribution in [0.15, 0.2) is 59.5 Å². The molecule has 2 aromatic carbocycles. The molecule has 0 spiro atoms. The van der Waals surface area contributed by atoms with Crippen molar-refractivity contribution in [2.75, 3.05) is 4.72 Å². The zero-order chi connectivity index (χ0) is 20.3. The summed E-state index contributed by atoms with van der Waals surface area (Å²) in [5.74, 6) is 0.536. The monoisotopic (exact) mass is 397 g/mol. The normalized spacial score (nSPS) is 11.8. The van der Waals surface area contributed by atoms with Crippen molar-refractivity contribution in [3.63, 3.8) is 0 Å². The Bertz CT molecular complexity index is 1030. The van der Waals surface area contributed by atoms with E-state index in [-0.39, 0.29) is 4.90 Å².